The molecule has 0 radical (unpaired) electrons. The van der Waals surface area contributed by atoms with Crippen molar-refractivity contribution in [3.63, 3.8) is 0 Å². The van der Waals surface area contributed by atoms with Gasteiger partial charge in [-0.15, -0.1) is 20.4 Å². The predicted octanol–water partition coefficient (Wildman–Crippen LogP) is 4.65. The van der Waals surface area contributed by atoms with Gasteiger partial charge in [-0.25, -0.2) is 0 Å². The van der Waals surface area contributed by atoms with Crippen molar-refractivity contribution in [2.45, 2.75) is 52.4 Å². The number of anilines is 2. The fraction of sp³-hybridized carbons (Fsp3) is 0.375. The molecule has 2 heterocycles. The van der Waals surface area contributed by atoms with Crippen LogP contribution in [-0.2, 0) is 32.0 Å². The van der Waals surface area contributed by atoms with Gasteiger partial charge in [-0.2, -0.15) is 11.8 Å². The van der Waals surface area contributed by atoms with Gasteiger partial charge in [0.25, 0.3) is 0 Å². The first-order chi connectivity index (χ1) is 22.7. The van der Waals surface area contributed by atoms with Gasteiger partial charge < -0.3 is 10.6 Å². The highest BCUT2D eigenvalue weighted by molar-refractivity contribution is 7.99. The lowest BCUT2D eigenvalue weighted by atomic mass is 9.98. The van der Waals surface area contributed by atoms with E-state index in [0.29, 0.717) is 10.3 Å². The summed E-state index contributed by atoms with van der Waals surface area (Å²) in [6.45, 7) is 7.45. The molecule has 4 N–H and O–H groups in total. The zero-order valence-electron chi connectivity index (χ0n) is 26.8. The summed E-state index contributed by atoms with van der Waals surface area (Å²) in [5.41, 5.74) is 1.69. The van der Waals surface area contributed by atoms with Gasteiger partial charge in [0.15, 0.2) is 0 Å². The Hall–Kier alpha value is -4.21. The van der Waals surface area contributed by atoms with Crippen LogP contribution < -0.4 is 21.3 Å². The van der Waals surface area contributed by atoms with Crippen LogP contribution >= 0.6 is 34.4 Å². The summed E-state index contributed by atoms with van der Waals surface area (Å²) in [6, 6.07) is 18.7. The molecule has 47 heavy (non-hydrogen) atoms. The van der Waals surface area contributed by atoms with Crippen LogP contribution in [-0.4, -0.2) is 68.6 Å². The largest absolute Gasteiger partial charge is 0.355 e. The standard InChI is InChI=1S/C17H22N4O2S2.C15H18N4O2S/c1-3-24-10-9-15-20-21-17(25-15)19-16(23)14(11-18-12(2)22)13-7-5-4-6-8-13;1-3-13-18-19-15(22-13)17-14(21)12(9-16-10(2)20)11-7-5-4-6-8-11/h4-8,14H,3,9-11H2,1-2H3,(H,18,22)(H,19,21,23);4-8,12H,3,9H2,1-2H3,(H,16,20)(H,17,19,21). The number of nitrogens with one attached hydrogen (secondary N) is 4. The third kappa shape index (κ3) is 13.2. The Labute approximate surface area is 287 Å². The predicted molar refractivity (Wildman–Crippen MR) is 189 cm³/mol. The van der Waals surface area contributed by atoms with E-state index in [1.54, 1.807) is 0 Å². The molecule has 0 aliphatic rings. The SMILES string of the molecule is CCSCCc1nnc(NC(=O)C(CNC(C)=O)c2ccccc2)s1.CCc1nnc(NC(=O)C(CNC(C)=O)c2ccccc2)s1. The van der Waals surface area contributed by atoms with Crippen LogP contribution in [0.4, 0.5) is 10.3 Å². The quantitative estimate of drug-likeness (QED) is 0.129. The molecule has 0 bridgehead atoms. The van der Waals surface area contributed by atoms with Crippen LogP contribution in [0.5, 0.6) is 0 Å². The van der Waals surface area contributed by atoms with E-state index in [1.165, 1.54) is 36.5 Å². The first-order valence-corrected chi connectivity index (χ1v) is 17.9. The number of rotatable bonds is 15. The van der Waals surface area contributed by atoms with E-state index < -0.39 is 11.8 Å². The van der Waals surface area contributed by atoms with E-state index in [1.807, 2.05) is 79.3 Å². The van der Waals surface area contributed by atoms with Gasteiger partial charge in [0.1, 0.15) is 10.0 Å². The molecular weight excluding hydrogens is 657 g/mol. The average molecular weight is 697 g/mol. The van der Waals surface area contributed by atoms with Gasteiger partial charge in [0, 0.05) is 33.4 Å². The molecule has 0 spiro atoms. The summed E-state index contributed by atoms with van der Waals surface area (Å²) < 4.78 is 0. The Morgan fingerprint density at radius 1 is 0.681 bits per heavy atom. The summed E-state index contributed by atoms with van der Waals surface area (Å²) in [5.74, 6) is 0.369. The number of hydrogen-bond acceptors (Lipinski definition) is 11. The van der Waals surface area contributed by atoms with Crippen molar-refractivity contribution >= 4 is 68.3 Å². The van der Waals surface area contributed by atoms with Crippen molar-refractivity contribution in [1.82, 2.24) is 31.0 Å². The van der Waals surface area contributed by atoms with Crippen LogP contribution in [0.3, 0.4) is 0 Å². The van der Waals surface area contributed by atoms with Gasteiger partial charge in [-0.1, -0.05) is 97.2 Å². The van der Waals surface area contributed by atoms with E-state index in [9.17, 15) is 19.2 Å². The van der Waals surface area contributed by atoms with E-state index in [2.05, 4.69) is 48.6 Å². The van der Waals surface area contributed by atoms with Gasteiger partial charge in [-0.05, 0) is 29.1 Å². The van der Waals surface area contributed by atoms with Crippen molar-refractivity contribution in [1.29, 1.82) is 0 Å². The molecule has 2 aromatic carbocycles. The molecule has 0 saturated heterocycles. The number of aromatic nitrogens is 4. The minimum atomic E-state index is -0.479. The Balaban J connectivity index is 0.000000257. The minimum Gasteiger partial charge on any atom is -0.355 e. The second-order valence-corrected chi connectivity index (χ2v) is 13.6. The fourth-order valence-electron chi connectivity index (χ4n) is 4.13. The number of benzene rings is 2. The number of aryl methyl sites for hydroxylation is 2. The molecule has 0 aliphatic carbocycles. The summed E-state index contributed by atoms with van der Waals surface area (Å²) in [5, 5.41) is 29.8. The second kappa shape index (κ2) is 20.1. The molecule has 12 nitrogen and oxygen atoms in total. The van der Waals surface area contributed by atoms with Crippen molar-refractivity contribution in [2.24, 2.45) is 0 Å². The van der Waals surface area contributed by atoms with E-state index in [-0.39, 0.29) is 36.7 Å². The first-order valence-electron chi connectivity index (χ1n) is 15.1. The molecule has 2 atom stereocenters. The molecule has 15 heteroatoms. The number of carbonyl (C=O) groups excluding carboxylic acids is 4. The highest BCUT2D eigenvalue weighted by Crippen LogP contribution is 2.22. The van der Waals surface area contributed by atoms with Gasteiger partial charge in [-0.3, -0.25) is 29.8 Å². The zero-order chi connectivity index (χ0) is 34.0. The smallest absolute Gasteiger partial charge is 0.235 e. The Kier molecular flexibility index (Phi) is 15.9. The lowest BCUT2D eigenvalue weighted by Gasteiger charge is -2.16. The van der Waals surface area contributed by atoms with Crippen molar-refractivity contribution in [3.05, 3.63) is 81.8 Å². The Morgan fingerprint density at radius 3 is 1.53 bits per heavy atom. The average Bonchev–Trinajstić information content (AvgIpc) is 3.71. The lowest BCUT2D eigenvalue weighted by molar-refractivity contribution is -0.121. The monoisotopic (exact) mass is 696 g/mol. The molecule has 0 aliphatic heterocycles. The fourth-order valence-corrected chi connectivity index (χ4v) is 6.31. The number of thioether (sulfide) groups is 1. The highest BCUT2D eigenvalue weighted by atomic mass is 32.2. The molecule has 250 valence electrons. The van der Waals surface area contributed by atoms with E-state index >= 15 is 0 Å². The van der Waals surface area contributed by atoms with E-state index in [4.69, 9.17) is 0 Å². The molecule has 4 aromatic rings. The summed E-state index contributed by atoms with van der Waals surface area (Å²) >= 11 is 4.60. The summed E-state index contributed by atoms with van der Waals surface area (Å²) in [7, 11) is 0. The highest BCUT2D eigenvalue weighted by Gasteiger charge is 2.23. The molecular formula is C32H40N8O4S3. The topological polar surface area (TPSA) is 168 Å². The second-order valence-electron chi connectivity index (χ2n) is 10.1. The number of amides is 4. The normalized spacial score (nSPS) is 11.7. The van der Waals surface area contributed by atoms with Gasteiger partial charge in [0.2, 0.25) is 33.9 Å². The maximum absolute atomic E-state index is 12.7. The maximum atomic E-state index is 12.7. The maximum Gasteiger partial charge on any atom is 0.235 e. The molecule has 4 rings (SSSR count). The zero-order valence-corrected chi connectivity index (χ0v) is 29.3. The lowest BCUT2D eigenvalue weighted by Crippen LogP contribution is -2.33. The molecule has 0 fully saturated rings. The van der Waals surface area contributed by atoms with Gasteiger partial charge >= 0.3 is 0 Å². The van der Waals surface area contributed by atoms with Crippen LogP contribution in [0.1, 0.15) is 60.7 Å². The molecule has 4 amide bonds. The van der Waals surface area contributed by atoms with Crippen LogP contribution in [0.25, 0.3) is 0 Å². The molecule has 0 saturated carbocycles. The number of carbonyl (C=O) groups is 4. The van der Waals surface area contributed by atoms with Crippen molar-refractivity contribution in [2.75, 3.05) is 35.2 Å². The molecule has 2 aromatic heterocycles. The Bertz CT molecular complexity index is 1570. The van der Waals surface area contributed by atoms with E-state index in [0.717, 1.165) is 45.5 Å². The third-order valence-electron chi connectivity index (χ3n) is 6.51. The summed E-state index contributed by atoms with van der Waals surface area (Å²) in [6.07, 6.45) is 1.63. The van der Waals surface area contributed by atoms with Crippen molar-refractivity contribution in [3.8, 4) is 0 Å². The number of hydrogen-bond donors (Lipinski definition) is 4. The first kappa shape index (κ1) is 37.2. The Morgan fingerprint density at radius 2 is 1.13 bits per heavy atom. The third-order valence-corrected chi connectivity index (χ3v) is 9.29. The van der Waals surface area contributed by atoms with Crippen molar-refractivity contribution < 1.29 is 19.2 Å². The van der Waals surface area contributed by atoms with Crippen LogP contribution in [0.15, 0.2) is 60.7 Å². The van der Waals surface area contributed by atoms with Crippen LogP contribution in [0.2, 0.25) is 0 Å². The molecule has 2 unspecified atom stereocenters. The van der Waals surface area contributed by atoms with Gasteiger partial charge in [0.05, 0.1) is 11.8 Å². The minimum absolute atomic E-state index is 0.166. The van der Waals surface area contributed by atoms with Crippen LogP contribution in [0, 0.1) is 0 Å². The number of nitrogens with zero attached hydrogens (tertiary/aromatic N) is 4. The summed E-state index contributed by atoms with van der Waals surface area (Å²) in [4.78, 5) is 47.5.